The molecule has 1 spiro atoms. The minimum absolute atomic E-state index is 0.0150. The van der Waals surface area contributed by atoms with Crippen LogP contribution in [-0.2, 0) is 14.3 Å². The van der Waals surface area contributed by atoms with Crippen molar-refractivity contribution in [2.75, 3.05) is 39.5 Å². The number of carbonyl (C=O) groups is 2. The van der Waals surface area contributed by atoms with Crippen LogP contribution in [0.3, 0.4) is 0 Å². The highest BCUT2D eigenvalue weighted by Crippen LogP contribution is 2.25. The van der Waals surface area contributed by atoms with Gasteiger partial charge in [-0.25, -0.2) is 4.39 Å². The molecule has 0 radical (unpaired) electrons. The van der Waals surface area contributed by atoms with Crippen LogP contribution in [-0.4, -0.2) is 72.7 Å². The Hall–Kier alpha value is -1.99. The molecule has 2 aliphatic rings. The summed E-state index contributed by atoms with van der Waals surface area (Å²) in [6, 6.07) is 5.68. The number of amides is 2. The third-order valence-electron chi connectivity index (χ3n) is 4.60. The maximum absolute atomic E-state index is 13.4. The normalized spacial score (nSPS) is 24.7. The molecule has 0 aliphatic carbocycles. The third kappa shape index (κ3) is 3.82. The summed E-state index contributed by atoms with van der Waals surface area (Å²) in [4.78, 5) is 28.3. The summed E-state index contributed by atoms with van der Waals surface area (Å²) in [6.07, 6.45) is 0. The van der Waals surface area contributed by atoms with Crippen LogP contribution in [0.1, 0.15) is 24.2 Å². The van der Waals surface area contributed by atoms with E-state index in [-0.39, 0.29) is 31.1 Å². The Morgan fingerprint density at radius 1 is 1.32 bits per heavy atom. The van der Waals surface area contributed by atoms with Gasteiger partial charge in [0.1, 0.15) is 18.0 Å². The molecule has 2 heterocycles. The van der Waals surface area contributed by atoms with Crippen LogP contribution < -0.4 is 0 Å². The van der Waals surface area contributed by atoms with E-state index in [1.807, 2.05) is 13.8 Å². The molecule has 0 saturated carbocycles. The summed E-state index contributed by atoms with van der Waals surface area (Å²) in [5.74, 6) is -0.763. The fourth-order valence-corrected chi connectivity index (χ4v) is 3.33. The molecule has 2 fully saturated rings. The molecule has 1 unspecified atom stereocenters. The summed E-state index contributed by atoms with van der Waals surface area (Å²) >= 11 is 0. The number of hydrogen-bond acceptors (Lipinski definition) is 4. The number of rotatable bonds is 2. The molecule has 1 aromatic carbocycles. The molecule has 1 aromatic rings. The smallest absolute Gasteiger partial charge is 0.254 e. The summed E-state index contributed by atoms with van der Waals surface area (Å²) in [6.45, 7) is 5.59. The van der Waals surface area contributed by atoms with Crippen molar-refractivity contribution in [1.82, 2.24) is 9.80 Å². The summed E-state index contributed by atoms with van der Waals surface area (Å²) in [5, 5.41) is 0. The molecule has 136 valence electrons. The summed E-state index contributed by atoms with van der Waals surface area (Å²) in [7, 11) is 0. The van der Waals surface area contributed by atoms with Gasteiger partial charge in [0, 0.05) is 18.2 Å². The van der Waals surface area contributed by atoms with Crippen molar-refractivity contribution in [3.63, 3.8) is 0 Å². The van der Waals surface area contributed by atoms with Gasteiger partial charge >= 0.3 is 0 Å². The van der Waals surface area contributed by atoms with Crippen LogP contribution in [0.2, 0.25) is 0 Å². The third-order valence-corrected chi connectivity index (χ3v) is 4.60. The molecule has 0 bridgehead atoms. The van der Waals surface area contributed by atoms with Crippen LogP contribution in [0, 0.1) is 5.82 Å². The van der Waals surface area contributed by atoms with Gasteiger partial charge in [-0.1, -0.05) is 6.07 Å². The first-order valence-electron chi connectivity index (χ1n) is 8.46. The van der Waals surface area contributed by atoms with E-state index in [1.54, 1.807) is 15.9 Å². The average molecular weight is 350 g/mol. The second kappa shape index (κ2) is 7.09. The fraction of sp³-hybridized carbons (Fsp3) is 0.556. The first kappa shape index (κ1) is 17.8. The largest absolute Gasteiger partial charge is 0.368 e. The molecule has 3 rings (SSSR count). The summed E-state index contributed by atoms with van der Waals surface area (Å²) in [5.41, 5.74) is -0.444. The second-order valence-electron chi connectivity index (χ2n) is 6.88. The van der Waals surface area contributed by atoms with E-state index < -0.39 is 11.4 Å². The van der Waals surface area contributed by atoms with Crippen molar-refractivity contribution >= 4 is 11.8 Å². The second-order valence-corrected chi connectivity index (χ2v) is 6.88. The van der Waals surface area contributed by atoms with Gasteiger partial charge in [-0.3, -0.25) is 9.59 Å². The lowest BCUT2D eigenvalue weighted by molar-refractivity contribution is -0.140. The Morgan fingerprint density at radius 2 is 2.12 bits per heavy atom. The molecule has 1 atom stereocenters. The lowest BCUT2D eigenvalue weighted by atomic mass is 10.00. The van der Waals surface area contributed by atoms with Gasteiger partial charge in [-0.2, -0.15) is 0 Å². The molecule has 0 N–H and O–H groups in total. The Balaban J connectivity index is 1.79. The zero-order chi connectivity index (χ0) is 18.0. The van der Waals surface area contributed by atoms with Gasteiger partial charge in [-0.15, -0.1) is 0 Å². The molecule has 0 aromatic heterocycles. The predicted octanol–water partition coefficient (Wildman–Crippen LogP) is 1.30. The zero-order valence-corrected chi connectivity index (χ0v) is 14.5. The van der Waals surface area contributed by atoms with Gasteiger partial charge < -0.3 is 19.3 Å². The maximum Gasteiger partial charge on any atom is 0.254 e. The SMILES string of the molecule is CC(C)N1CC2(COCC1=O)CN(C(=O)c1cccc(F)c1)CCO2. The van der Waals surface area contributed by atoms with E-state index in [9.17, 15) is 14.0 Å². The lowest BCUT2D eigenvalue weighted by Crippen LogP contribution is -2.60. The molecule has 2 aliphatic heterocycles. The van der Waals surface area contributed by atoms with Crippen molar-refractivity contribution in [2.45, 2.75) is 25.5 Å². The first-order valence-corrected chi connectivity index (χ1v) is 8.46. The van der Waals surface area contributed by atoms with Crippen molar-refractivity contribution in [3.05, 3.63) is 35.6 Å². The lowest BCUT2D eigenvalue weighted by Gasteiger charge is -2.44. The average Bonchev–Trinajstić information content (AvgIpc) is 2.74. The Kier molecular flexibility index (Phi) is 5.06. The van der Waals surface area contributed by atoms with Crippen LogP contribution in [0.4, 0.5) is 4.39 Å². The Labute approximate surface area is 146 Å². The minimum atomic E-state index is -0.752. The van der Waals surface area contributed by atoms with Crippen molar-refractivity contribution < 1.29 is 23.5 Å². The quantitative estimate of drug-likeness (QED) is 0.807. The van der Waals surface area contributed by atoms with Crippen molar-refractivity contribution in [1.29, 1.82) is 0 Å². The van der Waals surface area contributed by atoms with Crippen molar-refractivity contribution in [2.24, 2.45) is 0 Å². The standard InChI is InChI=1S/C18H23FN2O4/c1-13(2)21-11-18(12-24-9-16(21)22)10-20(6-7-25-18)17(23)14-4-3-5-15(19)8-14/h3-5,8,13H,6-7,9-12H2,1-2H3. The highest BCUT2D eigenvalue weighted by Gasteiger charge is 2.43. The topological polar surface area (TPSA) is 59.1 Å². The van der Waals surface area contributed by atoms with Crippen LogP contribution in [0.25, 0.3) is 0 Å². The number of hydrogen-bond donors (Lipinski definition) is 0. The molecule has 6 nitrogen and oxygen atoms in total. The number of halogens is 1. The highest BCUT2D eigenvalue weighted by molar-refractivity contribution is 5.94. The van der Waals surface area contributed by atoms with Gasteiger partial charge in [0.2, 0.25) is 5.91 Å². The molecule has 2 amide bonds. The highest BCUT2D eigenvalue weighted by atomic mass is 19.1. The predicted molar refractivity (Wildman–Crippen MR) is 88.7 cm³/mol. The van der Waals surface area contributed by atoms with E-state index in [0.29, 0.717) is 31.8 Å². The number of morpholine rings is 1. The van der Waals surface area contributed by atoms with E-state index in [0.717, 1.165) is 0 Å². The monoisotopic (exact) mass is 350 g/mol. The molecule has 2 saturated heterocycles. The van der Waals surface area contributed by atoms with Crippen LogP contribution in [0.15, 0.2) is 24.3 Å². The first-order chi connectivity index (χ1) is 11.9. The summed E-state index contributed by atoms with van der Waals surface area (Å²) < 4.78 is 24.9. The molecule has 25 heavy (non-hydrogen) atoms. The van der Waals surface area contributed by atoms with E-state index in [1.165, 1.54) is 18.2 Å². The van der Waals surface area contributed by atoms with E-state index in [2.05, 4.69) is 0 Å². The molecular formula is C18H23FN2O4. The maximum atomic E-state index is 13.4. The van der Waals surface area contributed by atoms with Crippen LogP contribution in [0.5, 0.6) is 0 Å². The van der Waals surface area contributed by atoms with Gasteiger partial charge in [0.15, 0.2) is 0 Å². The Bertz CT molecular complexity index is 666. The van der Waals surface area contributed by atoms with Crippen molar-refractivity contribution in [3.8, 4) is 0 Å². The number of ether oxygens (including phenoxy) is 2. The van der Waals surface area contributed by atoms with E-state index >= 15 is 0 Å². The number of carbonyl (C=O) groups excluding carboxylic acids is 2. The Morgan fingerprint density at radius 3 is 2.84 bits per heavy atom. The molecular weight excluding hydrogens is 327 g/mol. The fourth-order valence-electron chi connectivity index (χ4n) is 3.33. The van der Waals surface area contributed by atoms with Gasteiger partial charge in [0.25, 0.3) is 5.91 Å². The zero-order valence-electron chi connectivity index (χ0n) is 14.5. The molecule has 7 heteroatoms. The minimum Gasteiger partial charge on any atom is -0.368 e. The van der Waals surface area contributed by atoms with Crippen LogP contribution >= 0.6 is 0 Å². The number of benzene rings is 1. The van der Waals surface area contributed by atoms with Gasteiger partial charge in [0.05, 0.1) is 26.3 Å². The number of nitrogens with zero attached hydrogens (tertiary/aromatic N) is 2. The van der Waals surface area contributed by atoms with E-state index in [4.69, 9.17) is 9.47 Å². The van der Waals surface area contributed by atoms with Gasteiger partial charge in [-0.05, 0) is 32.0 Å².